The summed E-state index contributed by atoms with van der Waals surface area (Å²) in [5, 5.41) is 18.0. The largest absolute Gasteiger partial charge is 0.309 e. The molecule has 3 heterocycles. The van der Waals surface area contributed by atoms with E-state index in [4.69, 9.17) is 10.2 Å². The lowest BCUT2D eigenvalue weighted by Gasteiger charge is -2.13. The zero-order valence-corrected chi connectivity index (χ0v) is 24.8. The molecule has 0 atom stereocenters. The van der Waals surface area contributed by atoms with Crippen LogP contribution in [0.1, 0.15) is 0 Å². The number of hydrogen-bond acceptors (Lipinski definition) is 2. The van der Waals surface area contributed by atoms with Gasteiger partial charge in [-0.1, -0.05) is 109 Å². The number of hydrogen-bond donors (Lipinski definition) is 0. The molecule has 0 aliphatic rings. The molecule has 0 amide bonds. The van der Waals surface area contributed by atoms with Gasteiger partial charge < -0.3 is 4.57 Å². The molecule has 0 bridgehead atoms. The van der Waals surface area contributed by atoms with Crippen molar-refractivity contribution in [1.82, 2.24) is 19.2 Å². The number of nitrogens with zero attached hydrogens (tertiary/aromatic N) is 4. The van der Waals surface area contributed by atoms with Crippen LogP contribution in [-0.2, 0) is 0 Å². The van der Waals surface area contributed by atoms with Crippen molar-refractivity contribution in [2.45, 2.75) is 0 Å². The third-order valence-corrected chi connectivity index (χ3v) is 9.42. The van der Waals surface area contributed by atoms with Gasteiger partial charge in [0.25, 0.3) is 0 Å². The fraction of sp³-hybridized carbons (Fsp3) is 0. The summed E-state index contributed by atoms with van der Waals surface area (Å²) in [4.78, 5) is 0. The van der Waals surface area contributed by atoms with E-state index >= 15 is 0 Å². The summed E-state index contributed by atoms with van der Waals surface area (Å²) in [6.45, 7) is 0. The Morgan fingerprint density at radius 1 is 0.391 bits per heavy atom. The van der Waals surface area contributed by atoms with Gasteiger partial charge in [-0.3, -0.25) is 4.40 Å². The first kappa shape index (κ1) is 25.1. The molecule has 0 saturated heterocycles. The summed E-state index contributed by atoms with van der Waals surface area (Å²) < 4.78 is 4.56. The molecule has 3 aromatic heterocycles. The summed E-state index contributed by atoms with van der Waals surface area (Å²) in [5.41, 5.74) is 8.91. The first-order valence-corrected chi connectivity index (χ1v) is 15.6. The van der Waals surface area contributed by atoms with Crippen LogP contribution in [0.3, 0.4) is 0 Å². The van der Waals surface area contributed by atoms with Gasteiger partial charge in [-0.25, -0.2) is 0 Å². The fourth-order valence-corrected chi connectivity index (χ4v) is 7.34. The van der Waals surface area contributed by atoms with Gasteiger partial charge in [0.15, 0.2) is 11.5 Å². The number of pyridine rings is 1. The van der Waals surface area contributed by atoms with E-state index in [-0.39, 0.29) is 0 Å². The number of aromatic nitrogens is 4. The van der Waals surface area contributed by atoms with E-state index in [1.54, 1.807) is 0 Å². The van der Waals surface area contributed by atoms with Crippen LogP contribution in [0.5, 0.6) is 0 Å². The van der Waals surface area contributed by atoms with E-state index in [2.05, 4.69) is 167 Å². The topological polar surface area (TPSA) is 35.1 Å². The third-order valence-electron chi connectivity index (χ3n) is 9.42. The SMILES string of the molecule is c1ccc2c(-c3ccc4c(c3)c3ccccc3c3nnc(-c5ccc(-n6c7ccccc7c7ccccc76)cc5)n43)cccc2c1. The van der Waals surface area contributed by atoms with Crippen LogP contribution in [0.25, 0.3) is 88.1 Å². The first-order chi connectivity index (χ1) is 22.8. The lowest BCUT2D eigenvalue weighted by Crippen LogP contribution is -1.96. The number of fused-ring (bicyclic) bond motifs is 10. The molecule has 0 aliphatic heterocycles. The Hall–Kier alpha value is -6.26. The minimum Gasteiger partial charge on any atom is -0.309 e. The summed E-state index contributed by atoms with van der Waals surface area (Å²) in [6.07, 6.45) is 0. The van der Waals surface area contributed by atoms with Gasteiger partial charge in [0.1, 0.15) is 0 Å². The quantitative estimate of drug-likeness (QED) is 0.193. The fourth-order valence-electron chi connectivity index (χ4n) is 7.34. The highest BCUT2D eigenvalue weighted by Gasteiger charge is 2.18. The normalized spacial score (nSPS) is 11.9. The Balaban J connectivity index is 1.18. The summed E-state index contributed by atoms with van der Waals surface area (Å²) in [6, 6.07) is 56.4. The van der Waals surface area contributed by atoms with E-state index < -0.39 is 0 Å². The van der Waals surface area contributed by atoms with Crippen LogP contribution in [-0.4, -0.2) is 19.2 Å². The molecule has 4 heteroatoms. The Morgan fingerprint density at radius 2 is 1.00 bits per heavy atom. The summed E-state index contributed by atoms with van der Waals surface area (Å²) >= 11 is 0. The second-order valence-electron chi connectivity index (χ2n) is 11.9. The predicted octanol–water partition coefficient (Wildman–Crippen LogP) is 10.6. The van der Waals surface area contributed by atoms with E-state index in [0.717, 1.165) is 33.6 Å². The van der Waals surface area contributed by atoms with Crippen LogP contribution >= 0.6 is 0 Å². The van der Waals surface area contributed by atoms with Gasteiger partial charge >= 0.3 is 0 Å². The van der Waals surface area contributed by atoms with Crippen LogP contribution in [0.15, 0.2) is 158 Å². The molecule has 10 rings (SSSR count). The van der Waals surface area contributed by atoms with Gasteiger partial charge in [0.05, 0.1) is 16.6 Å². The van der Waals surface area contributed by atoms with Crippen molar-refractivity contribution in [3.05, 3.63) is 158 Å². The van der Waals surface area contributed by atoms with Crippen molar-refractivity contribution >= 4 is 59.9 Å². The van der Waals surface area contributed by atoms with Crippen molar-refractivity contribution in [2.24, 2.45) is 0 Å². The number of rotatable bonds is 3. The molecule has 0 aliphatic carbocycles. The summed E-state index contributed by atoms with van der Waals surface area (Å²) in [5.74, 6) is 0.831. The van der Waals surface area contributed by atoms with Gasteiger partial charge in [0.2, 0.25) is 0 Å². The Morgan fingerprint density at radius 3 is 1.76 bits per heavy atom. The molecule has 7 aromatic carbocycles. The van der Waals surface area contributed by atoms with E-state index in [9.17, 15) is 0 Å². The second kappa shape index (κ2) is 9.62. The smallest absolute Gasteiger partial charge is 0.169 e. The zero-order chi connectivity index (χ0) is 30.2. The molecular formula is C42H26N4. The molecular weight excluding hydrogens is 560 g/mol. The number of benzene rings is 7. The molecule has 0 N–H and O–H groups in total. The Bertz CT molecular complexity index is 2740. The van der Waals surface area contributed by atoms with Crippen LogP contribution in [0, 0.1) is 0 Å². The van der Waals surface area contributed by atoms with Crippen LogP contribution in [0.4, 0.5) is 0 Å². The molecule has 0 spiro atoms. The van der Waals surface area contributed by atoms with Gasteiger partial charge in [0, 0.05) is 32.8 Å². The van der Waals surface area contributed by atoms with Crippen molar-refractivity contribution in [1.29, 1.82) is 0 Å². The van der Waals surface area contributed by atoms with Crippen LogP contribution in [0.2, 0.25) is 0 Å². The van der Waals surface area contributed by atoms with Gasteiger partial charge in [-0.15, -0.1) is 10.2 Å². The highest BCUT2D eigenvalue weighted by Crippen LogP contribution is 2.37. The first-order valence-electron chi connectivity index (χ1n) is 15.6. The van der Waals surface area contributed by atoms with E-state index in [1.807, 2.05) is 0 Å². The molecule has 214 valence electrons. The highest BCUT2D eigenvalue weighted by molar-refractivity contribution is 6.14. The van der Waals surface area contributed by atoms with Crippen molar-refractivity contribution in [2.75, 3.05) is 0 Å². The second-order valence-corrected chi connectivity index (χ2v) is 11.9. The molecule has 10 aromatic rings. The zero-order valence-electron chi connectivity index (χ0n) is 24.8. The maximum Gasteiger partial charge on any atom is 0.169 e. The average molecular weight is 587 g/mol. The Labute approximate surface area is 264 Å². The standard InChI is InChI=1S/C42H26N4/c1-2-12-31-27(10-1)11-9-17-32(31)29-22-25-40-37(26-29)33-13-3-4-16-36(33)42-44-43-41(46(40)42)28-20-23-30(24-21-28)45-38-18-7-5-14-34(38)35-15-6-8-19-39(35)45/h1-26H. The van der Waals surface area contributed by atoms with E-state index in [1.165, 1.54) is 54.5 Å². The maximum absolute atomic E-state index is 4.79. The van der Waals surface area contributed by atoms with Crippen molar-refractivity contribution < 1.29 is 0 Å². The molecule has 0 radical (unpaired) electrons. The minimum atomic E-state index is 0.831. The number of para-hydroxylation sites is 2. The lowest BCUT2D eigenvalue weighted by atomic mass is 9.96. The van der Waals surface area contributed by atoms with Crippen molar-refractivity contribution in [3.63, 3.8) is 0 Å². The molecule has 4 nitrogen and oxygen atoms in total. The maximum atomic E-state index is 4.79. The molecule has 0 saturated carbocycles. The molecule has 46 heavy (non-hydrogen) atoms. The predicted molar refractivity (Wildman–Crippen MR) is 191 cm³/mol. The van der Waals surface area contributed by atoms with Gasteiger partial charge in [-0.05, 0) is 75.8 Å². The van der Waals surface area contributed by atoms with E-state index in [0.29, 0.717) is 0 Å². The van der Waals surface area contributed by atoms with Crippen molar-refractivity contribution in [3.8, 4) is 28.2 Å². The summed E-state index contributed by atoms with van der Waals surface area (Å²) in [7, 11) is 0. The average Bonchev–Trinajstić information content (AvgIpc) is 3.72. The van der Waals surface area contributed by atoms with Crippen LogP contribution < -0.4 is 0 Å². The highest BCUT2D eigenvalue weighted by atomic mass is 15.2. The monoisotopic (exact) mass is 586 g/mol. The Kier molecular flexibility index (Phi) is 5.25. The molecule has 0 unspecified atom stereocenters. The van der Waals surface area contributed by atoms with Gasteiger partial charge in [-0.2, -0.15) is 0 Å². The molecule has 0 fully saturated rings. The lowest BCUT2D eigenvalue weighted by molar-refractivity contribution is 1.11. The third kappa shape index (κ3) is 3.55. The minimum absolute atomic E-state index is 0.831.